The third-order valence-electron chi connectivity index (χ3n) is 2.89. The molecular formula is C12H15ClO. The van der Waals surface area contributed by atoms with Crippen LogP contribution in [0.4, 0.5) is 0 Å². The molecule has 0 fully saturated rings. The quantitative estimate of drug-likeness (QED) is 0.646. The van der Waals surface area contributed by atoms with Crippen LogP contribution in [0.25, 0.3) is 0 Å². The normalized spacial score (nSPS) is 27.6. The topological polar surface area (TPSA) is 9.23 Å². The Morgan fingerprint density at radius 1 is 1.43 bits per heavy atom. The van der Waals surface area contributed by atoms with Crippen LogP contribution in [0.3, 0.4) is 0 Å². The number of para-hydroxylation sites is 1. The molecule has 0 saturated heterocycles. The Bertz CT molecular complexity index is 322. The molecular weight excluding hydrogens is 196 g/mol. The largest absolute Gasteiger partial charge is 0.493 e. The highest BCUT2D eigenvalue weighted by Gasteiger charge is 2.30. The van der Waals surface area contributed by atoms with E-state index >= 15 is 0 Å². The van der Waals surface area contributed by atoms with Crippen molar-refractivity contribution in [2.45, 2.75) is 25.1 Å². The van der Waals surface area contributed by atoms with Gasteiger partial charge in [-0.15, -0.1) is 11.6 Å². The molecule has 1 aliphatic rings. The Morgan fingerprint density at radius 2 is 2.14 bits per heavy atom. The summed E-state index contributed by atoms with van der Waals surface area (Å²) in [5.41, 5.74) is 1.26. The van der Waals surface area contributed by atoms with Crippen molar-refractivity contribution >= 4 is 11.6 Å². The van der Waals surface area contributed by atoms with Crippen molar-refractivity contribution in [3.8, 4) is 5.75 Å². The number of hydrogen-bond acceptors (Lipinski definition) is 1. The van der Waals surface area contributed by atoms with Crippen molar-refractivity contribution in [3.63, 3.8) is 0 Å². The third-order valence-corrected chi connectivity index (χ3v) is 3.16. The van der Waals surface area contributed by atoms with E-state index in [1.165, 1.54) is 5.56 Å². The summed E-state index contributed by atoms with van der Waals surface area (Å²) in [7, 11) is 0. The number of rotatable bonds is 1. The van der Waals surface area contributed by atoms with E-state index in [0.717, 1.165) is 12.4 Å². The van der Waals surface area contributed by atoms with Gasteiger partial charge in [-0.05, 0) is 24.5 Å². The first kappa shape index (κ1) is 9.85. The van der Waals surface area contributed by atoms with Crippen LogP contribution in [0, 0.1) is 5.92 Å². The molecule has 2 heteroatoms. The maximum atomic E-state index is 6.22. The standard InChI is InChI=1S/C12H15ClO/c1-8-7-14-11-6-4-3-5-10(11)12(8)9(2)13/h3-6,8-9,12H,7H2,1-2H3. The maximum Gasteiger partial charge on any atom is 0.122 e. The summed E-state index contributed by atoms with van der Waals surface area (Å²) in [5.74, 6) is 1.92. The van der Waals surface area contributed by atoms with Crippen molar-refractivity contribution < 1.29 is 4.74 Å². The van der Waals surface area contributed by atoms with Gasteiger partial charge in [-0.2, -0.15) is 0 Å². The van der Waals surface area contributed by atoms with Gasteiger partial charge < -0.3 is 4.74 Å². The van der Waals surface area contributed by atoms with E-state index in [2.05, 4.69) is 19.9 Å². The summed E-state index contributed by atoms with van der Waals surface area (Å²) in [6, 6.07) is 8.19. The Hall–Kier alpha value is -0.690. The molecule has 0 aromatic heterocycles. The lowest BCUT2D eigenvalue weighted by Gasteiger charge is -2.33. The van der Waals surface area contributed by atoms with Crippen molar-refractivity contribution in [2.75, 3.05) is 6.61 Å². The smallest absolute Gasteiger partial charge is 0.122 e. The monoisotopic (exact) mass is 210 g/mol. The van der Waals surface area contributed by atoms with E-state index in [1.54, 1.807) is 0 Å². The molecule has 1 aromatic carbocycles. The van der Waals surface area contributed by atoms with Crippen LogP contribution in [-0.2, 0) is 0 Å². The number of hydrogen-bond donors (Lipinski definition) is 0. The minimum absolute atomic E-state index is 0.162. The van der Waals surface area contributed by atoms with Gasteiger partial charge in [-0.3, -0.25) is 0 Å². The number of ether oxygens (including phenoxy) is 1. The third kappa shape index (κ3) is 1.61. The molecule has 76 valence electrons. The molecule has 1 heterocycles. The molecule has 14 heavy (non-hydrogen) atoms. The molecule has 0 amide bonds. The van der Waals surface area contributed by atoms with Crippen LogP contribution in [0.5, 0.6) is 5.75 Å². The number of halogens is 1. The van der Waals surface area contributed by atoms with Gasteiger partial charge in [-0.25, -0.2) is 0 Å². The van der Waals surface area contributed by atoms with E-state index < -0.39 is 0 Å². The van der Waals surface area contributed by atoms with Crippen LogP contribution in [0.15, 0.2) is 24.3 Å². The van der Waals surface area contributed by atoms with Crippen molar-refractivity contribution in [3.05, 3.63) is 29.8 Å². The lowest BCUT2D eigenvalue weighted by molar-refractivity contribution is 0.204. The lowest BCUT2D eigenvalue weighted by Crippen LogP contribution is -2.28. The SMILES string of the molecule is CC(Cl)C1c2ccccc2OCC1C. The summed E-state index contributed by atoms with van der Waals surface area (Å²) in [5, 5.41) is 0.162. The van der Waals surface area contributed by atoms with Crippen LogP contribution in [-0.4, -0.2) is 12.0 Å². The highest BCUT2D eigenvalue weighted by atomic mass is 35.5. The highest BCUT2D eigenvalue weighted by molar-refractivity contribution is 6.21. The summed E-state index contributed by atoms with van der Waals surface area (Å²) < 4.78 is 5.66. The first-order valence-electron chi connectivity index (χ1n) is 5.06. The van der Waals surface area contributed by atoms with Crippen LogP contribution < -0.4 is 4.74 Å². The molecule has 3 unspecified atom stereocenters. The molecule has 0 saturated carbocycles. The van der Waals surface area contributed by atoms with Gasteiger partial charge >= 0.3 is 0 Å². The molecule has 3 atom stereocenters. The number of alkyl halides is 1. The molecule has 1 nitrogen and oxygen atoms in total. The van der Waals surface area contributed by atoms with E-state index in [4.69, 9.17) is 16.3 Å². The first-order valence-corrected chi connectivity index (χ1v) is 5.49. The van der Waals surface area contributed by atoms with E-state index in [-0.39, 0.29) is 5.38 Å². The van der Waals surface area contributed by atoms with Gasteiger partial charge in [0.05, 0.1) is 6.61 Å². The second kappa shape index (κ2) is 3.82. The zero-order chi connectivity index (χ0) is 10.1. The Labute approximate surface area is 90.0 Å². The van der Waals surface area contributed by atoms with Gasteiger partial charge in [-0.1, -0.05) is 25.1 Å². The van der Waals surface area contributed by atoms with Gasteiger partial charge in [0.15, 0.2) is 0 Å². The molecule has 0 radical (unpaired) electrons. The average Bonchev–Trinajstić information content (AvgIpc) is 2.17. The zero-order valence-electron chi connectivity index (χ0n) is 8.53. The Morgan fingerprint density at radius 3 is 2.86 bits per heavy atom. The molecule has 0 spiro atoms. The summed E-state index contributed by atoms with van der Waals surface area (Å²) in [6.07, 6.45) is 0. The summed E-state index contributed by atoms with van der Waals surface area (Å²) in [6.45, 7) is 5.03. The molecule has 0 bridgehead atoms. The van der Waals surface area contributed by atoms with Crippen molar-refractivity contribution in [1.29, 1.82) is 0 Å². The van der Waals surface area contributed by atoms with Crippen LogP contribution in [0.1, 0.15) is 25.3 Å². The lowest BCUT2D eigenvalue weighted by atomic mass is 9.83. The zero-order valence-corrected chi connectivity index (χ0v) is 9.29. The predicted octanol–water partition coefficient (Wildman–Crippen LogP) is 3.43. The fourth-order valence-electron chi connectivity index (χ4n) is 2.22. The summed E-state index contributed by atoms with van der Waals surface area (Å²) in [4.78, 5) is 0. The van der Waals surface area contributed by atoms with Gasteiger partial charge in [0.1, 0.15) is 5.75 Å². The van der Waals surface area contributed by atoms with E-state index in [9.17, 15) is 0 Å². The predicted molar refractivity (Wildman–Crippen MR) is 59.2 cm³/mol. The molecule has 0 N–H and O–H groups in total. The van der Waals surface area contributed by atoms with Gasteiger partial charge in [0.25, 0.3) is 0 Å². The van der Waals surface area contributed by atoms with E-state index in [0.29, 0.717) is 11.8 Å². The minimum atomic E-state index is 0.162. The first-order chi connectivity index (χ1) is 6.70. The fourth-order valence-corrected chi connectivity index (χ4v) is 2.60. The van der Waals surface area contributed by atoms with Gasteiger partial charge in [0.2, 0.25) is 0 Å². The van der Waals surface area contributed by atoms with Crippen LogP contribution in [0.2, 0.25) is 0 Å². The Balaban J connectivity index is 2.41. The average molecular weight is 211 g/mol. The van der Waals surface area contributed by atoms with Crippen LogP contribution >= 0.6 is 11.6 Å². The maximum absolute atomic E-state index is 6.22. The molecule has 1 aromatic rings. The molecule has 2 rings (SSSR count). The number of fused-ring (bicyclic) bond motifs is 1. The second-order valence-electron chi connectivity index (χ2n) is 4.03. The fraction of sp³-hybridized carbons (Fsp3) is 0.500. The van der Waals surface area contributed by atoms with Crippen molar-refractivity contribution in [1.82, 2.24) is 0 Å². The highest BCUT2D eigenvalue weighted by Crippen LogP contribution is 2.40. The molecule has 0 aliphatic carbocycles. The number of benzene rings is 1. The second-order valence-corrected chi connectivity index (χ2v) is 4.72. The Kier molecular flexibility index (Phi) is 2.69. The van der Waals surface area contributed by atoms with Gasteiger partial charge in [0, 0.05) is 11.3 Å². The van der Waals surface area contributed by atoms with Crippen molar-refractivity contribution in [2.24, 2.45) is 5.92 Å². The minimum Gasteiger partial charge on any atom is -0.493 e. The summed E-state index contributed by atoms with van der Waals surface area (Å²) >= 11 is 6.22. The van der Waals surface area contributed by atoms with E-state index in [1.807, 2.05) is 18.2 Å². The molecule has 1 aliphatic heterocycles.